The van der Waals surface area contributed by atoms with Crippen molar-refractivity contribution in [3.63, 3.8) is 0 Å². The number of carboxylic acid groups (broad SMARTS) is 1. The van der Waals surface area contributed by atoms with Gasteiger partial charge < -0.3 is 9.84 Å². The Morgan fingerprint density at radius 2 is 1.65 bits per heavy atom. The predicted molar refractivity (Wildman–Crippen MR) is 180 cm³/mol. The summed E-state index contributed by atoms with van der Waals surface area (Å²) >= 11 is 0. The molecule has 2 aromatic heterocycles. The summed E-state index contributed by atoms with van der Waals surface area (Å²) < 4.78 is 50.4. The van der Waals surface area contributed by atoms with Crippen LogP contribution in [0.15, 0.2) is 42.6 Å². The fourth-order valence-electron chi connectivity index (χ4n) is 5.73. The Labute approximate surface area is 283 Å². The number of halogens is 1. The third-order valence-corrected chi connectivity index (χ3v) is 9.76. The van der Waals surface area contributed by atoms with Gasteiger partial charge in [-0.25, -0.2) is 13.8 Å². The predicted octanol–water partition coefficient (Wildman–Crippen LogP) is 8.01. The highest BCUT2D eigenvalue weighted by atomic mass is 31.2. The van der Waals surface area contributed by atoms with E-state index in [1.807, 2.05) is 19.9 Å². The minimum Gasteiger partial charge on any atom is -0.481 e. The molecule has 1 aliphatic carbocycles. The lowest BCUT2D eigenvalue weighted by Gasteiger charge is -2.32. The number of carbonyl (C=O) groups is 3. The molecule has 4 aromatic rings. The number of benzene rings is 2. The van der Waals surface area contributed by atoms with Crippen LogP contribution in [0.3, 0.4) is 0 Å². The molecule has 12 nitrogen and oxygen atoms in total. The summed E-state index contributed by atoms with van der Waals surface area (Å²) in [6.45, 7) is 13.6. The minimum absolute atomic E-state index is 0.0880. The van der Waals surface area contributed by atoms with Gasteiger partial charge in [0.2, 0.25) is 0 Å². The average Bonchev–Trinajstić information content (AvgIpc) is 3.38. The van der Waals surface area contributed by atoms with Crippen LogP contribution in [0, 0.1) is 11.7 Å². The van der Waals surface area contributed by atoms with E-state index < -0.39 is 54.5 Å². The van der Waals surface area contributed by atoms with Crippen molar-refractivity contribution >= 4 is 47.3 Å². The Kier molecular flexibility index (Phi) is 9.88. The van der Waals surface area contributed by atoms with Crippen molar-refractivity contribution in [2.24, 2.45) is 5.92 Å². The number of hydrogen-bond acceptors (Lipinski definition) is 10. The largest absolute Gasteiger partial charge is 0.481 e. The molecule has 1 fully saturated rings. The molecule has 5 rings (SSSR count). The molecule has 0 radical (unpaired) electrons. The molecule has 49 heavy (non-hydrogen) atoms. The third-order valence-electron chi connectivity index (χ3n) is 7.72. The lowest BCUT2D eigenvalue weighted by atomic mass is 9.70. The molecular formula is C35H41FN3O9P. The summed E-state index contributed by atoms with van der Waals surface area (Å²) in [5.41, 5.74) is 1.16. The highest BCUT2D eigenvalue weighted by Crippen LogP contribution is 2.55. The number of Topliss-reactive ketones (excluding diaryl/α,β-unsaturated/α-hetero) is 1. The molecule has 14 heteroatoms. The van der Waals surface area contributed by atoms with Crippen LogP contribution < -0.4 is 0 Å². The maximum Gasteiger partial charge on any atom is 0.475 e. The fraction of sp³-hybridized carbons (Fsp3) is 0.457. The number of carboxylic acids is 1. The SMILES string of the molecule is CC(C)c1nc(C2CC(C(=O)O)C2=O)c2cc3c(cnn3C(=O)OCCOP(=O)(OC(C)(C)C)OC(C)(C)C)cc2c1-c1ccc(F)cc1. The van der Waals surface area contributed by atoms with E-state index >= 15 is 0 Å². The van der Waals surface area contributed by atoms with Crippen LogP contribution in [0.5, 0.6) is 0 Å². The van der Waals surface area contributed by atoms with E-state index in [2.05, 4.69) is 5.10 Å². The standard InChI is InChI=1S/C35H41FN3O9P/c1-19(2)29-28(20-9-11-22(36)12-10-20)23-15-21-18-37-39(27(21)17-24(23)30(38-29)25-16-26(31(25)40)32(41)42)33(43)45-13-14-46-49(44,47-34(3,4)5)48-35(6,7)8/h9-12,15,17-19,25-26H,13-14,16H2,1-8H3,(H,41,42). The molecule has 1 saturated carbocycles. The van der Waals surface area contributed by atoms with Gasteiger partial charge in [0.15, 0.2) is 5.78 Å². The molecule has 0 aliphatic heterocycles. The Morgan fingerprint density at radius 1 is 1.02 bits per heavy atom. The number of phosphoric ester groups is 1. The molecule has 0 bridgehead atoms. The summed E-state index contributed by atoms with van der Waals surface area (Å²) in [5.74, 6) is -4.02. The number of nitrogens with zero attached hydrogens (tertiary/aromatic N) is 3. The number of fused-ring (bicyclic) bond motifs is 2. The van der Waals surface area contributed by atoms with Gasteiger partial charge in [-0.3, -0.25) is 28.1 Å². The fourth-order valence-corrected chi connectivity index (χ4v) is 7.51. The van der Waals surface area contributed by atoms with Crippen molar-refractivity contribution in [3.8, 4) is 11.1 Å². The van der Waals surface area contributed by atoms with Crippen molar-refractivity contribution in [1.29, 1.82) is 0 Å². The van der Waals surface area contributed by atoms with Crippen molar-refractivity contribution in [2.45, 2.75) is 84.8 Å². The summed E-state index contributed by atoms with van der Waals surface area (Å²) in [6, 6.07) is 9.51. The first kappa shape index (κ1) is 36.3. The maximum absolute atomic E-state index is 13.9. The van der Waals surface area contributed by atoms with Gasteiger partial charge in [0.1, 0.15) is 18.3 Å². The molecule has 262 valence electrons. The zero-order valence-corrected chi connectivity index (χ0v) is 29.7. The second-order valence-electron chi connectivity index (χ2n) is 14.3. The van der Waals surface area contributed by atoms with Crippen LogP contribution >= 0.6 is 7.82 Å². The molecule has 2 aromatic carbocycles. The van der Waals surface area contributed by atoms with Crippen molar-refractivity contribution in [3.05, 3.63) is 59.8 Å². The molecule has 0 saturated heterocycles. The van der Waals surface area contributed by atoms with E-state index in [4.69, 9.17) is 23.3 Å². The lowest BCUT2D eigenvalue weighted by molar-refractivity contribution is -0.152. The smallest absolute Gasteiger partial charge is 0.475 e. The van der Waals surface area contributed by atoms with Crippen LogP contribution in [0.2, 0.25) is 0 Å². The van der Waals surface area contributed by atoms with Crippen LogP contribution in [0.25, 0.3) is 32.8 Å². The van der Waals surface area contributed by atoms with Crippen molar-refractivity contribution in [1.82, 2.24) is 14.8 Å². The average molecular weight is 698 g/mol. The third kappa shape index (κ3) is 7.91. The van der Waals surface area contributed by atoms with E-state index in [1.165, 1.54) is 18.3 Å². The number of hydrogen-bond donors (Lipinski definition) is 1. The Hall–Kier alpha value is -4.03. The number of carbonyl (C=O) groups excluding carboxylic acids is 2. The van der Waals surface area contributed by atoms with Gasteiger partial charge in [-0.2, -0.15) is 9.78 Å². The molecule has 2 heterocycles. The van der Waals surface area contributed by atoms with Gasteiger partial charge in [-0.15, -0.1) is 0 Å². The highest BCUT2D eigenvalue weighted by molar-refractivity contribution is 7.48. The Balaban J connectivity index is 1.51. The molecule has 0 spiro atoms. The van der Waals surface area contributed by atoms with E-state index in [0.717, 1.165) is 10.2 Å². The first-order valence-corrected chi connectivity index (χ1v) is 17.4. The van der Waals surface area contributed by atoms with Crippen LogP contribution in [-0.4, -0.2) is 62.1 Å². The summed E-state index contributed by atoms with van der Waals surface area (Å²) in [7, 11) is -4.03. The van der Waals surface area contributed by atoms with Crippen molar-refractivity contribution < 1.29 is 46.8 Å². The van der Waals surface area contributed by atoms with Gasteiger partial charge in [-0.1, -0.05) is 26.0 Å². The zero-order chi connectivity index (χ0) is 36.1. The second-order valence-corrected chi connectivity index (χ2v) is 15.8. The first-order valence-electron chi connectivity index (χ1n) is 16.0. The number of phosphoric acid groups is 1. The monoisotopic (exact) mass is 697 g/mol. The maximum atomic E-state index is 13.9. The second kappa shape index (κ2) is 13.4. The zero-order valence-electron chi connectivity index (χ0n) is 28.8. The van der Waals surface area contributed by atoms with Gasteiger partial charge >= 0.3 is 19.9 Å². The van der Waals surface area contributed by atoms with E-state index in [1.54, 1.807) is 59.7 Å². The van der Waals surface area contributed by atoms with Crippen LogP contribution in [0.1, 0.15) is 85.0 Å². The molecule has 1 N–H and O–H groups in total. The van der Waals surface area contributed by atoms with Gasteiger partial charge in [0.05, 0.1) is 46.8 Å². The van der Waals surface area contributed by atoms with E-state index in [9.17, 15) is 28.4 Å². The Morgan fingerprint density at radius 3 is 2.20 bits per heavy atom. The number of pyridine rings is 1. The molecule has 2 atom stereocenters. The number of aromatic nitrogens is 3. The molecule has 1 aliphatic rings. The van der Waals surface area contributed by atoms with Crippen LogP contribution in [-0.2, 0) is 32.5 Å². The Bertz CT molecular complexity index is 1960. The first-order chi connectivity index (χ1) is 22.8. The summed E-state index contributed by atoms with van der Waals surface area (Å²) in [4.78, 5) is 42.9. The normalized spacial score (nSPS) is 17.1. The topological polar surface area (TPSA) is 156 Å². The number of rotatable bonds is 10. The van der Waals surface area contributed by atoms with Crippen LogP contribution in [0.4, 0.5) is 9.18 Å². The summed E-state index contributed by atoms with van der Waals surface area (Å²) in [5, 5.41) is 15.5. The van der Waals surface area contributed by atoms with E-state index in [-0.39, 0.29) is 25.6 Å². The van der Waals surface area contributed by atoms with Gasteiger partial charge in [0, 0.05) is 16.3 Å². The van der Waals surface area contributed by atoms with E-state index in [0.29, 0.717) is 38.6 Å². The number of aliphatic carboxylic acids is 1. The number of ether oxygens (including phenoxy) is 1. The minimum atomic E-state index is -4.03. The van der Waals surface area contributed by atoms with Crippen molar-refractivity contribution in [2.75, 3.05) is 13.2 Å². The lowest BCUT2D eigenvalue weighted by Crippen LogP contribution is -2.41. The molecule has 0 amide bonds. The highest BCUT2D eigenvalue weighted by Gasteiger charge is 2.46. The van der Waals surface area contributed by atoms with Gasteiger partial charge in [0.25, 0.3) is 0 Å². The molecular weight excluding hydrogens is 656 g/mol. The number of ketones is 1. The quantitative estimate of drug-likeness (QED) is 0.0973. The van der Waals surface area contributed by atoms with Gasteiger partial charge in [-0.05, 0) is 89.1 Å². The molecule has 2 unspecified atom stereocenters. The summed E-state index contributed by atoms with van der Waals surface area (Å²) in [6.07, 6.45) is 0.734.